The first-order valence-corrected chi connectivity index (χ1v) is 13.7. The van der Waals surface area contributed by atoms with Gasteiger partial charge in [-0.25, -0.2) is 0 Å². The summed E-state index contributed by atoms with van der Waals surface area (Å²) in [6.07, 6.45) is 6.63. The average molecular weight is 489 g/mol. The van der Waals surface area contributed by atoms with Crippen LogP contribution in [0.1, 0.15) is 81.3 Å². The van der Waals surface area contributed by atoms with Crippen LogP contribution in [0.3, 0.4) is 0 Å². The maximum Gasteiger partial charge on any atom is 0.242 e. The molecule has 0 N–H and O–H groups in total. The van der Waals surface area contributed by atoms with Crippen molar-refractivity contribution < 1.29 is 9.59 Å². The van der Waals surface area contributed by atoms with Crippen molar-refractivity contribution in [3.05, 3.63) is 56.7 Å². The van der Waals surface area contributed by atoms with E-state index in [4.69, 9.17) is 11.6 Å². The zero-order valence-corrected chi connectivity index (χ0v) is 21.8. The molecular formula is C27H37ClN2O2S. The third-order valence-corrected chi connectivity index (χ3v) is 7.89. The Labute approximate surface area is 207 Å². The van der Waals surface area contributed by atoms with Gasteiger partial charge in [-0.2, -0.15) is 0 Å². The van der Waals surface area contributed by atoms with Crippen LogP contribution >= 0.6 is 22.9 Å². The molecule has 3 rings (SSSR count). The number of benzene rings is 1. The SMILES string of the molecule is CCCCC(CC)C(=O)N(CCCC)CC(=O)N1CCc2sccc2C1c1ccc(Cl)cc1. The van der Waals surface area contributed by atoms with Gasteiger partial charge in [0.15, 0.2) is 0 Å². The summed E-state index contributed by atoms with van der Waals surface area (Å²) in [6.45, 7) is 7.83. The van der Waals surface area contributed by atoms with E-state index in [1.807, 2.05) is 34.1 Å². The highest BCUT2D eigenvalue weighted by atomic mass is 35.5. The van der Waals surface area contributed by atoms with Crippen LogP contribution in [0, 0.1) is 5.92 Å². The van der Waals surface area contributed by atoms with Crippen LogP contribution < -0.4 is 0 Å². The molecule has 0 radical (unpaired) electrons. The fourth-order valence-corrected chi connectivity index (χ4v) is 5.70. The lowest BCUT2D eigenvalue weighted by atomic mass is 9.93. The second-order valence-corrected chi connectivity index (χ2v) is 10.4. The van der Waals surface area contributed by atoms with E-state index in [-0.39, 0.29) is 30.3 Å². The molecule has 1 aromatic carbocycles. The Bertz CT molecular complexity index is 911. The Morgan fingerprint density at radius 3 is 2.52 bits per heavy atom. The number of thiophene rings is 1. The summed E-state index contributed by atoms with van der Waals surface area (Å²) >= 11 is 7.89. The van der Waals surface area contributed by atoms with Gasteiger partial charge in [0.25, 0.3) is 0 Å². The number of nitrogens with zero attached hydrogens (tertiary/aromatic N) is 2. The third-order valence-electron chi connectivity index (χ3n) is 6.64. The quantitative estimate of drug-likeness (QED) is 0.352. The summed E-state index contributed by atoms with van der Waals surface area (Å²) < 4.78 is 0. The molecule has 2 amide bonds. The number of hydrogen-bond acceptors (Lipinski definition) is 3. The minimum atomic E-state index is -0.130. The number of halogens is 1. The van der Waals surface area contributed by atoms with Gasteiger partial charge in [0.05, 0.1) is 12.6 Å². The van der Waals surface area contributed by atoms with Crippen LogP contribution in [0.4, 0.5) is 0 Å². The highest BCUT2D eigenvalue weighted by molar-refractivity contribution is 7.10. The molecule has 0 aliphatic carbocycles. The van der Waals surface area contributed by atoms with Crippen LogP contribution in [0.15, 0.2) is 35.7 Å². The molecular weight excluding hydrogens is 452 g/mol. The van der Waals surface area contributed by atoms with E-state index >= 15 is 0 Å². The van der Waals surface area contributed by atoms with Crippen molar-refractivity contribution in [1.82, 2.24) is 9.80 Å². The molecule has 0 spiro atoms. The van der Waals surface area contributed by atoms with Gasteiger partial charge < -0.3 is 9.80 Å². The highest BCUT2D eigenvalue weighted by Gasteiger charge is 2.34. The maximum atomic E-state index is 13.7. The molecule has 33 heavy (non-hydrogen) atoms. The molecule has 0 fully saturated rings. The lowest BCUT2D eigenvalue weighted by Crippen LogP contribution is -2.48. The average Bonchev–Trinajstić information content (AvgIpc) is 3.31. The topological polar surface area (TPSA) is 40.6 Å². The summed E-state index contributed by atoms with van der Waals surface area (Å²) in [5.74, 6) is 0.178. The van der Waals surface area contributed by atoms with E-state index < -0.39 is 0 Å². The monoisotopic (exact) mass is 488 g/mol. The molecule has 2 atom stereocenters. The van der Waals surface area contributed by atoms with E-state index in [1.165, 1.54) is 10.4 Å². The molecule has 2 unspecified atom stereocenters. The van der Waals surface area contributed by atoms with Crippen molar-refractivity contribution in [2.45, 2.75) is 71.8 Å². The minimum absolute atomic E-state index is 0.00602. The van der Waals surface area contributed by atoms with Gasteiger partial charge in [-0.3, -0.25) is 9.59 Å². The Morgan fingerprint density at radius 2 is 1.85 bits per heavy atom. The van der Waals surface area contributed by atoms with Gasteiger partial charge in [0, 0.05) is 28.9 Å². The summed E-state index contributed by atoms with van der Waals surface area (Å²) in [5.41, 5.74) is 2.26. The molecule has 2 aromatic rings. The Morgan fingerprint density at radius 1 is 1.12 bits per heavy atom. The second kappa shape index (κ2) is 12.6. The normalized spacial score (nSPS) is 16.4. The minimum Gasteiger partial charge on any atom is -0.333 e. The van der Waals surface area contributed by atoms with Crippen molar-refractivity contribution in [2.75, 3.05) is 19.6 Å². The van der Waals surface area contributed by atoms with Gasteiger partial charge in [-0.05, 0) is 60.4 Å². The molecule has 1 aromatic heterocycles. The largest absolute Gasteiger partial charge is 0.333 e. The first-order chi connectivity index (χ1) is 16.0. The zero-order chi connectivity index (χ0) is 23.8. The maximum absolute atomic E-state index is 13.7. The van der Waals surface area contributed by atoms with E-state index in [0.717, 1.165) is 50.5 Å². The van der Waals surface area contributed by atoms with Crippen LogP contribution in [0.2, 0.25) is 5.02 Å². The van der Waals surface area contributed by atoms with E-state index in [9.17, 15) is 9.59 Å². The molecule has 6 heteroatoms. The number of unbranched alkanes of at least 4 members (excludes halogenated alkanes) is 2. The van der Waals surface area contributed by atoms with E-state index in [1.54, 1.807) is 11.3 Å². The Balaban J connectivity index is 1.83. The first-order valence-electron chi connectivity index (χ1n) is 12.4. The van der Waals surface area contributed by atoms with Crippen molar-refractivity contribution in [3.8, 4) is 0 Å². The van der Waals surface area contributed by atoms with Crippen molar-refractivity contribution in [2.24, 2.45) is 5.92 Å². The van der Waals surface area contributed by atoms with Crippen LogP contribution in [0.5, 0.6) is 0 Å². The number of carbonyl (C=O) groups is 2. The molecule has 4 nitrogen and oxygen atoms in total. The number of fused-ring (bicyclic) bond motifs is 1. The Kier molecular flexibility index (Phi) is 9.81. The molecule has 0 bridgehead atoms. The van der Waals surface area contributed by atoms with Crippen LogP contribution in [-0.2, 0) is 16.0 Å². The highest BCUT2D eigenvalue weighted by Crippen LogP contribution is 2.38. The fourth-order valence-electron chi connectivity index (χ4n) is 4.67. The van der Waals surface area contributed by atoms with Crippen LogP contribution in [0.25, 0.3) is 0 Å². The Hall–Kier alpha value is -1.85. The van der Waals surface area contributed by atoms with Gasteiger partial charge in [0.2, 0.25) is 11.8 Å². The smallest absolute Gasteiger partial charge is 0.242 e. The van der Waals surface area contributed by atoms with Crippen molar-refractivity contribution in [1.29, 1.82) is 0 Å². The van der Waals surface area contributed by atoms with E-state index in [0.29, 0.717) is 18.1 Å². The predicted molar refractivity (Wildman–Crippen MR) is 138 cm³/mol. The molecule has 0 saturated heterocycles. The predicted octanol–water partition coefficient (Wildman–Crippen LogP) is 6.72. The number of carbonyl (C=O) groups excluding carboxylic acids is 2. The zero-order valence-electron chi connectivity index (χ0n) is 20.2. The van der Waals surface area contributed by atoms with E-state index in [2.05, 4.69) is 32.2 Å². The summed E-state index contributed by atoms with van der Waals surface area (Å²) in [4.78, 5) is 32.2. The number of amides is 2. The third kappa shape index (κ3) is 6.39. The molecule has 2 heterocycles. The fraction of sp³-hybridized carbons (Fsp3) is 0.556. The summed E-state index contributed by atoms with van der Waals surface area (Å²) in [6, 6.07) is 9.80. The summed E-state index contributed by atoms with van der Waals surface area (Å²) in [5, 5.41) is 2.80. The second-order valence-electron chi connectivity index (χ2n) is 8.95. The standard InChI is InChI=1S/C27H37ClN2O2S/c1-4-7-9-20(6-3)27(32)29(16-8-5-2)19-25(31)30-17-14-24-23(15-18-33-24)26(30)21-10-12-22(28)13-11-21/h10-13,15,18,20,26H,4-9,14,16-17,19H2,1-3H3. The van der Waals surface area contributed by atoms with Crippen molar-refractivity contribution >= 4 is 34.8 Å². The van der Waals surface area contributed by atoms with Gasteiger partial charge in [-0.15, -0.1) is 11.3 Å². The summed E-state index contributed by atoms with van der Waals surface area (Å²) in [7, 11) is 0. The molecule has 180 valence electrons. The van der Waals surface area contributed by atoms with Gasteiger partial charge in [-0.1, -0.05) is 63.8 Å². The molecule has 1 aliphatic rings. The lowest BCUT2D eigenvalue weighted by Gasteiger charge is -2.38. The number of hydrogen-bond donors (Lipinski definition) is 0. The number of rotatable bonds is 11. The first kappa shape index (κ1) is 25.8. The van der Waals surface area contributed by atoms with Gasteiger partial charge in [0.1, 0.15) is 0 Å². The lowest BCUT2D eigenvalue weighted by molar-refractivity contribution is -0.144. The molecule has 0 saturated carbocycles. The van der Waals surface area contributed by atoms with Crippen LogP contribution in [-0.4, -0.2) is 41.2 Å². The van der Waals surface area contributed by atoms with Gasteiger partial charge >= 0.3 is 0 Å². The molecule has 1 aliphatic heterocycles. The van der Waals surface area contributed by atoms with Crippen molar-refractivity contribution in [3.63, 3.8) is 0 Å².